The van der Waals surface area contributed by atoms with Crippen LogP contribution in [0.4, 0.5) is 5.69 Å². The van der Waals surface area contributed by atoms with Gasteiger partial charge in [-0.15, -0.1) is 0 Å². The lowest BCUT2D eigenvalue weighted by atomic mass is 10.2. The molecule has 0 spiro atoms. The minimum atomic E-state index is -3.56. The van der Waals surface area contributed by atoms with Crippen molar-refractivity contribution in [2.75, 3.05) is 4.72 Å². The standard InChI is InChI=1S/C11H14ClNO4S/c1-11(2,3)18(16,17)13-7-4-5-8(10(14)15)9(12)6-7/h4-6,13H,1-3H3,(H,14,15). The van der Waals surface area contributed by atoms with Gasteiger partial charge in [-0.3, -0.25) is 4.72 Å². The number of rotatable bonds is 3. The molecule has 0 aliphatic carbocycles. The second-order valence-corrected chi connectivity index (χ2v) is 7.56. The van der Waals surface area contributed by atoms with Crippen molar-refractivity contribution in [3.63, 3.8) is 0 Å². The summed E-state index contributed by atoms with van der Waals surface area (Å²) < 4.78 is 25.2. The average Bonchev–Trinajstić information content (AvgIpc) is 2.14. The van der Waals surface area contributed by atoms with Gasteiger partial charge >= 0.3 is 5.97 Å². The molecule has 1 rings (SSSR count). The van der Waals surface area contributed by atoms with E-state index in [0.29, 0.717) is 0 Å². The Hall–Kier alpha value is -1.27. The number of benzene rings is 1. The molecule has 0 heterocycles. The highest BCUT2D eigenvalue weighted by molar-refractivity contribution is 7.94. The minimum Gasteiger partial charge on any atom is -0.478 e. The van der Waals surface area contributed by atoms with Crippen LogP contribution in [0.15, 0.2) is 18.2 Å². The van der Waals surface area contributed by atoms with Gasteiger partial charge in [0.15, 0.2) is 0 Å². The molecule has 0 unspecified atom stereocenters. The van der Waals surface area contributed by atoms with Gasteiger partial charge in [-0.05, 0) is 39.0 Å². The molecule has 0 atom stereocenters. The van der Waals surface area contributed by atoms with Crippen LogP contribution in [0.5, 0.6) is 0 Å². The number of sulfonamides is 1. The van der Waals surface area contributed by atoms with Gasteiger partial charge in [-0.25, -0.2) is 13.2 Å². The van der Waals surface area contributed by atoms with Crippen molar-refractivity contribution in [3.8, 4) is 0 Å². The summed E-state index contributed by atoms with van der Waals surface area (Å²) in [4.78, 5) is 10.8. The Bertz CT molecular complexity index is 575. The SMILES string of the molecule is CC(C)(C)S(=O)(=O)Nc1ccc(C(=O)O)c(Cl)c1. The zero-order chi connectivity index (χ0) is 14.1. The Labute approximate surface area is 111 Å². The molecular weight excluding hydrogens is 278 g/mol. The second-order valence-electron chi connectivity index (χ2n) is 4.72. The quantitative estimate of drug-likeness (QED) is 0.896. The highest BCUT2D eigenvalue weighted by Gasteiger charge is 2.29. The average molecular weight is 292 g/mol. The monoisotopic (exact) mass is 291 g/mol. The maximum absolute atomic E-state index is 11.9. The highest BCUT2D eigenvalue weighted by Crippen LogP contribution is 2.24. The van der Waals surface area contributed by atoms with Crippen LogP contribution in [0, 0.1) is 0 Å². The minimum absolute atomic E-state index is 0.0170. The molecule has 0 aliphatic heterocycles. The highest BCUT2D eigenvalue weighted by atomic mass is 35.5. The van der Waals surface area contributed by atoms with E-state index >= 15 is 0 Å². The van der Waals surface area contributed by atoms with Crippen LogP contribution in [0.3, 0.4) is 0 Å². The summed E-state index contributed by atoms with van der Waals surface area (Å²) in [6, 6.07) is 3.89. The zero-order valence-corrected chi connectivity index (χ0v) is 11.8. The first-order chi connectivity index (χ1) is 8.04. The largest absolute Gasteiger partial charge is 0.478 e. The molecule has 0 saturated heterocycles. The summed E-state index contributed by atoms with van der Waals surface area (Å²) in [6.07, 6.45) is 0. The summed E-state index contributed by atoms with van der Waals surface area (Å²) in [5.74, 6) is -1.16. The summed E-state index contributed by atoms with van der Waals surface area (Å²) in [7, 11) is -3.56. The number of anilines is 1. The van der Waals surface area contributed by atoms with Crippen LogP contribution in [0.2, 0.25) is 5.02 Å². The van der Waals surface area contributed by atoms with E-state index in [1.165, 1.54) is 18.2 Å². The van der Waals surface area contributed by atoms with E-state index in [9.17, 15) is 13.2 Å². The first-order valence-corrected chi connectivity index (χ1v) is 6.96. The van der Waals surface area contributed by atoms with E-state index in [4.69, 9.17) is 16.7 Å². The van der Waals surface area contributed by atoms with Crippen molar-refractivity contribution in [2.45, 2.75) is 25.5 Å². The maximum atomic E-state index is 11.9. The molecule has 5 nitrogen and oxygen atoms in total. The van der Waals surface area contributed by atoms with E-state index < -0.39 is 20.7 Å². The second kappa shape index (κ2) is 4.78. The van der Waals surface area contributed by atoms with E-state index in [-0.39, 0.29) is 16.3 Å². The molecule has 0 fully saturated rings. The number of nitrogens with one attached hydrogen (secondary N) is 1. The lowest BCUT2D eigenvalue weighted by Crippen LogP contribution is -2.33. The fourth-order valence-corrected chi connectivity index (χ4v) is 2.07. The summed E-state index contributed by atoms with van der Waals surface area (Å²) in [5, 5.41) is 8.78. The molecule has 18 heavy (non-hydrogen) atoms. The molecule has 2 N–H and O–H groups in total. The van der Waals surface area contributed by atoms with Crippen molar-refractivity contribution in [2.24, 2.45) is 0 Å². The van der Waals surface area contributed by atoms with Gasteiger partial charge in [0.2, 0.25) is 10.0 Å². The molecular formula is C11H14ClNO4S. The zero-order valence-electron chi connectivity index (χ0n) is 10.2. The number of carbonyl (C=O) groups is 1. The summed E-state index contributed by atoms with van der Waals surface area (Å²) in [6.45, 7) is 4.67. The number of halogens is 1. The van der Waals surface area contributed by atoms with Crippen molar-refractivity contribution in [3.05, 3.63) is 28.8 Å². The topological polar surface area (TPSA) is 83.5 Å². The third kappa shape index (κ3) is 3.14. The normalized spacial score (nSPS) is 12.2. The number of carboxylic acid groups (broad SMARTS) is 1. The number of hydrogen-bond acceptors (Lipinski definition) is 3. The number of aromatic carboxylic acids is 1. The van der Waals surface area contributed by atoms with Gasteiger partial charge < -0.3 is 5.11 Å². The fourth-order valence-electron chi connectivity index (χ4n) is 1.06. The molecule has 1 aromatic rings. The Kier molecular flexibility index (Phi) is 3.92. The predicted molar refractivity (Wildman–Crippen MR) is 70.7 cm³/mol. The van der Waals surface area contributed by atoms with E-state index in [1.54, 1.807) is 20.8 Å². The third-order valence-corrected chi connectivity index (χ3v) is 4.69. The van der Waals surface area contributed by atoms with Crippen LogP contribution in [0.1, 0.15) is 31.1 Å². The van der Waals surface area contributed by atoms with Crippen LogP contribution in [0.25, 0.3) is 0 Å². The fraction of sp³-hybridized carbons (Fsp3) is 0.364. The van der Waals surface area contributed by atoms with Gasteiger partial charge in [0.25, 0.3) is 0 Å². The Morgan fingerprint density at radius 3 is 2.28 bits per heavy atom. The Morgan fingerprint density at radius 2 is 1.89 bits per heavy atom. The lowest BCUT2D eigenvalue weighted by molar-refractivity contribution is 0.0697. The van der Waals surface area contributed by atoms with Gasteiger partial charge in [0, 0.05) is 0 Å². The van der Waals surface area contributed by atoms with E-state index in [1.807, 2.05) is 0 Å². The van der Waals surface area contributed by atoms with Crippen molar-refractivity contribution >= 4 is 33.3 Å². The van der Waals surface area contributed by atoms with E-state index in [2.05, 4.69) is 4.72 Å². The first-order valence-electron chi connectivity index (χ1n) is 5.10. The predicted octanol–water partition coefficient (Wildman–Crippen LogP) is 2.58. The number of hydrogen-bond donors (Lipinski definition) is 2. The Morgan fingerprint density at radius 1 is 1.33 bits per heavy atom. The lowest BCUT2D eigenvalue weighted by Gasteiger charge is -2.20. The van der Waals surface area contributed by atoms with Crippen LogP contribution in [-0.4, -0.2) is 24.2 Å². The van der Waals surface area contributed by atoms with Gasteiger partial charge in [-0.1, -0.05) is 11.6 Å². The molecule has 7 heteroatoms. The first kappa shape index (κ1) is 14.8. The van der Waals surface area contributed by atoms with Crippen molar-refractivity contribution in [1.29, 1.82) is 0 Å². The van der Waals surface area contributed by atoms with Gasteiger partial charge in [0.05, 0.1) is 21.0 Å². The molecule has 0 radical (unpaired) electrons. The van der Waals surface area contributed by atoms with Crippen LogP contribution in [-0.2, 0) is 10.0 Å². The summed E-state index contributed by atoms with van der Waals surface area (Å²) in [5.41, 5.74) is 0.162. The molecule has 0 aromatic heterocycles. The third-order valence-electron chi connectivity index (χ3n) is 2.26. The molecule has 0 bridgehead atoms. The number of carboxylic acids is 1. The molecule has 0 aliphatic rings. The Balaban J connectivity index is 3.09. The maximum Gasteiger partial charge on any atom is 0.337 e. The van der Waals surface area contributed by atoms with Crippen molar-refractivity contribution in [1.82, 2.24) is 0 Å². The van der Waals surface area contributed by atoms with Crippen molar-refractivity contribution < 1.29 is 18.3 Å². The smallest absolute Gasteiger partial charge is 0.337 e. The van der Waals surface area contributed by atoms with Gasteiger partial charge in [0.1, 0.15) is 0 Å². The molecule has 0 saturated carbocycles. The molecule has 0 amide bonds. The summed E-state index contributed by atoms with van der Waals surface area (Å²) >= 11 is 5.75. The van der Waals surface area contributed by atoms with Crippen LogP contribution >= 0.6 is 11.6 Å². The molecule has 100 valence electrons. The molecule has 1 aromatic carbocycles. The van der Waals surface area contributed by atoms with Crippen LogP contribution < -0.4 is 4.72 Å². The van der Waals surface area contributed by atoms with Gasteiger partial charge in [-0.2, -0.15) is 0 Å². The van der Waals surface area contributed by atoms with E-state index in [0.717, 1.165) is 0 Å².